The van der Waals surface area contributed by atoms with Crippen LogP contribution >= 0.6 is 0 Å². The van der Waals surface area contributed by atoms with Crippen molar-refractivity contribution in [2.24, 2.45) is 0 Å². The van der Waals surface area contributed by atoms with Crippen LogP contribution in [-0.2, 0) is 22.7 Å². The summed E-state index contributed by atoms with van der Waals surface area (Å²) >= 11 is 0. The second-order valence-corrected chi connectivity index (χ2v) is 23.4. The highest BCUT2D eigenvalue weighted by molar-refractivity contribution is 7.03. The molecular weight excluding hydrogens is 1050 g/mol. The summed E-state index contributed by atoms with van der Waals surface area (Å²) in [4.78, 5) is 29.5. The van der Waals surface area contributed by atoms with Crippen molar-refractivity contribution in [3.05, 3.63) is 289 Å². The molecule has 0 saturated heterocycles. The van der Waals surface area contributed by atoms with Crippen LogP contribution in [0.15, 0.2) is 267 Å². The molecule has 0 saturated carbocycles. The molecule has 0 spiro atoms. The topological polar surface area (TPSA) is 52.6 Å². The molecule has 0 atom stereocenters. The van der Waals surface area contributed by atoms with E-state index in [1.807, 2.05) is 60.7 Å². The average Bonchev–Trinajstić information content (AvgIpc) is 1.18. The molecule has 4 aliphatic heterocycles. The molecule has 14 aromatic carbocycles. The van der Waals surface area contributed by atoms with Crippen molar-refractivity contribution in [3.63, 3.8) is 0 Å². The van der Waals surface area contributed by atoms with Gasteiger partial charge in [-0.05, 0) is 169 Å². The summed E-state index contributed by atoms with van der Waals surface area (Å²) in [6.07, 6.45) is 0. The van der Waals surface area contributed by atoms with Gasteiger partial charge < -0.3 is 9.47 Å². The molecular formula is C80H48B2O4. The molecule has 0 aromatic heterocycles. The Morgan fingerprint density at radius 2 is 0.593 bits per heavy atom. The molecule has 18 rings (SSSR count). The largest absolute Gasteiger partial charge is 0.457 e. The first kappa shape index (κ1) is 48.7. The zero-order valence-corrected chi connectivity index (χ0v) is 46.6. The van der Waals surface area contributed by atoms with Crippen LogP contribution in [0.2, 0.25) is 0 Å². The molecule has 0 N–H and O–H groups in total. The van der Waals surface area contributed by atoms with Crippen molar-refractivity contribution in [1.29, 1.82) is 0 Å². The van der Waals surface area contributed by atoms with Gasteiger partial charge in [-0.1, -0.05) is 263 Å². The van der Waals surface area contributed by atoms with Gasteiger partial charge in [-0.3, -0.25) is 0 Å². The number of carbonyl (C=O) groups excluding carboxylic acids is 2. The van der Waals surface area contributed by atoms with Crippen molar-refractivity contribution in [3.8, 4) is 89.0 Å². The summed E-state index contributed by atoms with van der Waals surface area (Å²) in [5.74, 6) is -0.716. The van der Waals surface area contributed by atoms with Crippen molar-refractivity contribution >= 4 is 90.5 Å². The van der Waals surface area contributed by atoms with Crippen LogP contribution in [0.1, 0.15) is 31.8 Å². The van der Waals surface area contributed by atoms with Gasteiger partial charge in [0.25, 0.3) is 0 Å². The normalized spacial score (nSPS) is 12.6. The van der Waals surface area contributed by atoms with E-state index in [4.69, 9.17) is 9.47 Å². The lowest BCUT2D eigenvalue weighted by Gasteiger charge is -2.33. The van der Waals surface area contributed by atoms with Crippen molar-refractivity contribution in [1.82, 2.24) is 0 Å². The number of hydrogen-bond acceptors (Lipinski definition) is 4. The third kappa shape index (κ3) is 7.14. The maximum atomic E-state index is 14.7. The fourth-order valence-corrected chi connectivity index (χ4v) is 15.4. The van der Waals surface area contributed by atoms with E-state index in [0.29, 0.717) is 11.1 Å². The van der Waals surface area contributed by atoms with E-state index in [0.717, 1.165) is 100 Å². The zero-order valence-electron chi connectivity index (χ0n) is 46.6. The van der Waals surface area contributed by atoms with Crippen LogP contribution in [0.5, 0.6) is 0 Å². The molecule has 14 aromatic rings. The predicted octanol–water partition coefficient (Wildman–Crippen LogP) is 14.9. The summed E-state index contributed by atoms with van der Waals surface area (Å²) in [6.45, 7) is 0.0693. The molecule has 4 aliphatic rings. The molecule has 0 fully saturated rings. The summed E-state index contributed by atoms with van der Waals surface area (Å²) in [7, 11) is 0. The summed E-state index contributed by atoms with van der Waals surface area (Å²) in [5, 5.41) is 7.09. The Morgan fingerprint density at radius 3 is 0.988 bits per heavy atom. The van der Waals surface area contributed by atoms with Gasteiger partial charge >= 0.3 is 11.9 Å². The molecule has 0 amide bonds. The van der Waals surface area contributed by atoms with E-state index in [1.165, 1.54) is 65.1 Å². The Balaban J connectivity index is 1.00. The SMILES string of the molecule is O=C(OCc1ccccc1)c1cc2c3c(c1)-c1cc(-c4ccccc4-c4ccccc4)c4cc5c6c(cc(-c7ccccc7-c7ccccc7)c7cc(c1c4c76)B3c1ccccc1-2)-c1cc(C(=O)OCc2ccccc2)cc2c1B5c1ccccc1-2. The molecule has 4 nitrogen and oxygen atoms in total. The molecule has 6 heteroatoms. The number of hydrogen-bond donors (Lipinski definition) is 0. The molecule has 86 heavy (non-hydrogen) atoms. The van der Waals surface area contributed by atoms with E-state index in [2.05, 4.69) is 206 Å². The van der Waals surface area contributed by atoms with Crippen molar-refractivity contribution < 1.29 is 19.1 Å². The second-order valence-electron chi connectivity index (χ2n) is 23.4. The molecule has 0 radical (unpaired) electrons. The number of ether oxygens (including phenoxy) is 2. The van der Waals surface area contributed by atoms with E-state index in [9.17, 15) is 9.59 Å². The third-order valence-electron chi connectivity index (χ3n) is 18.9. The number of benzene rings is 14. The van der Waals surface area contributed by atoms with E-state index in [1.54, 1.807) is 0 Å². The van der Waals surface area contributed by atoms with Crippen LogP contribution in [0, 0.1) is 0 Å². The predicted molar refractivity (Wildman–Crippen MR) is 354 cm³/mol. The molecule has 0 bridgehead atoms. The lowest BCUT2D eigenvalue weighted by Crippen LogP contribution is -2.53. The number of rotatable bonds is 10. The number of esters is 2. The Kier molecular flexibility index (Phi) is 10.7. The lowest BCUT2D eigenvalue weighted by atomic mass is 9.34. The summed E-state index contributed by atoms with van der Waals surface area (Å²) in [5.41, 5.74) is 27.9. The van der Waals surface area contributed by atoms with Gasteiger partial charge in [0.1, 0.15) is 13.2 Å². The maximum absolute atomic E-state index is 14.7. The number of fused-ring (bicyclic) bond motifs is 10. The first-order valence-corrected chi connectivity index (χ1v) is 29.7. The maximum Gasteiger partial charge on any atom is 0.338 e. The fourth-order valence-electron chi connectivity index (χ4n) is 15.4. The van der Waals surface area contributed by atoms with Gasteiger partial charge in [-0.15, -0.1) is 0 Å². The van der Waals surface area contributed by atoms with Gasteiger partial charge in [0.15, 0.2) is 0 Å². The smallest absolute Gasteiger partial charge is 0.338 e. The Hall–Kier alpha value is -10.8. The van der Waals surface area contributed by atoms with E-state index >= 15 is 0 Å². The minimum absolute atomic E-state index is 0.133. The van der Waals surface area contributed by atoms with Crippen LogP contribution in [-0.4, -0.2) is 25.4 Å². The van der Waals surface area contributed by atoms with E-state index in [-0.39, 0.29) is 38.6 Å². The Bertz CT molecular complexity index is 4880. The average molecular weight is 1090 g/mol. The monoisotopic (exact) mass is 1090 g/mol. The van der Waals surface area contributed by atoms with Gasteiger partial charge in [-0.25, -0.2) is 9.59 Å². The first-order valence-electron chi connectivity index (χ1n) is 29.7. The van der Waals surface area contributed by atoms with Crippen LogP contribution in [0.25, 0.3) is 121 Å². The van der Waals surface area contributed by atoms with Crippen LogP contribution in [0.4, 0.5) is 0 Å². The molecule has 398 valence electrons. The van der Waals surface area contributed by atoms with Crippen LogP contribution in [0.3, 0.4) is 0 Å². The zero-order chi connectivity index (χ0) is 56.7. The number of carbonyl (C=O) groups is 2. The highest BCUT2D eigenvalue weighted by Crippen LogP contribution is 2.53. The van der Waals surface area contributed by atoms with Gasteiger partial charge in [-0.2, -0.15) is 0 Å². The second kappa shape index (κ2) is 18.9. The highest BCUT2D eigenvalue weighted by Gasteiger charge is 2.45. The molecule has 0 unspecified atom stereocenters. The summed E-state index contributed by atoms with van der Waals surface area (Å²) in [6, 6.07) is 95.1. The molecule has 4 heterocycles. The molecule has 0 aliphatic carbocycles. The summed E-state index contributed by atoms with van der Waals surface area (Å²) < 4.78 is 12.4. The third-order valence-corrected chi connectivity index (χ3v) is 18.9. The highest BCUT2D eigenvalue weighted by atomic mass is 16.5. The lowest BCUT2D eigenvalue weighted by molar-refractivity contribution is 0.0464. The standard InChI is InChI=1S/C80H48B2O4/c83-79(85-45-47-21-5-1-6-22-47)51-37-65-57-33-17-19-35-69(57)81-71-43-64-60(56-32-16-14-30-54(56)50-27-11-4-12-28-50)42-62-68-40-52(80(84)86-46-48-23-7-2-8-24-48)38-66-58-34-18-20-36-70(58)82(78(66)68)72-44-63-59(55-31-15-13-29-53(55)49-25-9-3-10-26-49)41-61(67(39-51)77(65)81)73(71)75(63)76(64)74(62)72/h1-44H,45-46H2. The van der Waals surface area contributed by atoms with Crippen molar-refractivity contribution in [2.45, 2.75) is 13.2 Å². The fraction of sp³-hybridized carbons (Fsp3) is 0.0250. The Morgan fingerprint density at radius 1 is 0.267 bits per heavy atom. The van der Waals surface area contributed by atoms with Crippen LogP contribution < -0.4 is 32.8 Å². The minimum atomic E-state index is -0.358. The van der Waals surface area contributed by atoms with Gasteiger partial charge in [0.2, 0.25) is 13.4 Å². The van der Waals surface area contributed by atoms with Gasteiger partial charge in [0.05, 0.1) is 11.1 Å². The van der Waals surface area contributed by atoms with E-state index < -0.39 is 0 Å². The quantitative estimate of drug-likeness (QED) is 0.0778. The van der Waals surface area contributed by atoms with Gasteiger partial charge in [0, 0.05) is 0 Å². The first-order chi connectivity index (χ1) is 42.5. The Labute approximate surface area is 498 Å². The van der Waals surface area contributed by atoms with Crippen molar-refractivity contribution in [2.75, 3.05) is 0 Å². The minimum Gasteiger partial charge on any atom is -0.457 e.